The number of rotatable bonds is 5. The third kappa shape index (κ3) is 3.68. The summed E-state index contributed by atoms with van der Waals surface area (Å²) in [5.41, 5.74) is 0.743. The Morgan fingerprint density at radius 3 is 2.78 bits per heavy atom. The van der Waals surface area contributed by atoms with Crippen LogP contribution in [0.5, 0.6) is 5.75 Å². The Hall–Kier alpha value is -1.99. The van der Waals surface area contributed by atoms with Crippen molar-refractivity contribution in [3.05, 3.63) is 65.2 Å². The van der Waals surface area contributed by atoms with Crippen LogP contribution in [0.2, 0.25) is 0 Å². The Morgan fingerprint density at radius 2 is 1.96 bits per heavy atom. The highest BCUT2D eigenvalue weighted by Gasteiger charge is 2.25. The minimum atomic E-state index is -3.78. The zero-order chi connectivity index (χ0) is 16.4. The third-order valence-corrected chi connectivity index (χ3v) is 5.00. The molecule has 23 heavy (non-hydrogen) atoms. The average Bonchev–Trinajstić information content (AvgIpc) is 2.92. The van der Waals surface area contributed by atoms with E-state index < -0.39 is 27.4 Å². The molecule has 0 amide bonds. The molecule has 1 unspecified atom stereocenters. The highest BCUT2D eigenvalue weighted by Crippen LogP contribution is 2.32. The molecule has 2 aromatic rings. The lowest BCUT2D eigenvalue weighted by atomic mass is 10.0. The number of hydrogen-bond donors (Lipinski definition) is 1. The fourth-order valence-corrected chi connectivity index (χ4v) is 3.72. The average molecular weight is 339 g/mol. The van der Waals surface area contributed by atoms with Crippen LogP contribution in [0.25, 0.3) is 0 Å². The van der Waals surface area contributed by atoms with Crippen molar-refractivity contribution in [2.45, 2.75) is 11.7 Å². The van der Waals surface area contributed by atoms with Gasteiger partial charge in [-0.2, -0.15) is 0 Å². The molecule has 1 N–H and O–H groups in total. The highest BCUT2D eigenvalue weighted by molar-refractivity contribution is 7.88. The second kappa shape index (κ2) is 6.25. The van der Waals surface area contributed by atoms with E-state index in [0.717, 1.165) is 29.5 Å². The van der Waals surface area contributed by atoms with E-state index in [0.29, 0.717) is 6.61 Å². The summed E-state index contributed by atoms with van der Waals surface area (Å²) in [6.07, 6.45) is 0. The number of para-hydroxylation sites is 1. The van der Waals surface area contributed by atoms with Crippen LogP contribution in [-0.2, 0) is 15.8 Å². The minimum Gasteiger partial charge on any atom is -0.493 e. The first-order valence-electron chi connectivity index (χ1n) is 7.07. The molecule has 7 heteroatoms. The fraction of sp³-hybridized carbons (Fsp3) is 0.250. The lowest BCUT2D eigenvalue weighted by Gasteiger charge is -2.11. The Morgan fingerprint density at radius 1 is 1.17 bits per heavy atom. The normalized spacial score (nSPS) is 16.9. The van der Waals surface area contributed by atoms with Crippen LogP contribution in [-0.4, -0.2) is 21.6 Å². The Balaban J connectivity index is 1.67. The molecule has 1 aliphatic rings. The summed E-state index contributed by atoms with van der Waals surface area (Å²) < 4.78 is 58.8. The fourth-order valence-electron chi connectivity index (χ4n) is 2.54. The summed E-state index contributed by atoms with van der Waals surface area (Å²) in [5, 5.41) is 0. The second-order valence-corrected chi connectivity index (χ2v) is 7.20. The quantitative estimate of drug-likeness (QED) is 0.911. The van der Waals surface area contributed by atoms with E-state index in [2.05, 4.69) is 4.72 Å². The van der Waals surface area contributed by atoms with Crippen molar-refractivity contribution >= 4 is 10.0 Å². The van der Waals surface area contributed by atoms with Gasteiger partial charge in [-0.05, 0) is 24.3 Å². The van der Waals surface area contributed by atoms with E-state index in [4.69, 9.17) is 4.74 Å². The van der Waals surface area contributed by atoms with E-state index >= 15 is 0 Å². The largest absolute Gasteiger partial charge is 0.493 e. The van der Waals surface area contributed by atoms with Crippen molar-refractivity contribution in [3.63, 3.8) is 0 Å². The third-order valence-electron chi connectivity index (χ3n) is 3.70. The van der Waals surface area contributed by atoms with Crippen molar-refractivity contribution in [2.75, 3.05) is 13.2 Å². The van der Waals surface area contributed by atoms with Crippen LogP contribution < -0.4 is 9.46 Å². The van der Waals surface area contributed by atoms with E-state index in [-0.39, 0.29) is 18.0 Å². The van der Waals surface area contributed by atoms with E-state index in [9.17, 15) is 17.2 Å². The molecule has 2 aromatic carbocycles. The van der Waals surface area contributed by atoms with Gasteiger partial charge in [0.05, 0.1) is 12.4 Å². The smallest absolute Gasteiger partial charge is 0.215 e. The predicted octanol–water partition coefficient (Wildman–Crippen LogP) is 2.56. The topological polar surface area (TPSA) is 55.4 Å². The van der Waals surface area contributed by atoms with Crippen LogP contribution in [0.15, 0.2) is 42.5 Å². The highest BCUT2D eigenvalue weighted by atomic mass is 32.2. The molecular formula is C16H15F2NO3S. The zero-order valence-electron chi connectivity index (χ0n) is 12.1. The molecule has 1 heterocycles. The maximum Gasteiger partial charge on any atom is 0.215 e. The van der Waals surface area contributed by atoms with Gasteiger partial charge in [0.1, 0.15) is 17.4 Å². The molecular weight excluding hydrogens is 324 g/mol. The second-order valence-electron chi connectivity index (χ2n) is 5.39. The van der Waals surface area contributed by atoms with Gasteiger partial charge in [0, 0.05) is 23.6 Å². The number of benzene rings is 2. The van der Waals surface area contributed by atoms with Gasteiger partial charge in [0.15, 0.2) is 0 Å². The van der Waals surface area contributed by atoms with Crippen molar-refractivity contribution < 1.29 is 21.9 Å². The molecule has 122 valence electrons. The summed E-state index contributed by atoms with van der Waals surface area (Å²) in [6.45, 7) is 0.534. The van der Waals surface area contributed by atoms with E-state index in [1.165, 1.54) is 0 Å². The predicted molar refractivity (Wildman–Crippen MR) is 81.7 cm³/mol. The van der Waals surface area contributed by atoms with Gasteiger partial charge in [0.2, 0.25) is 10.0 Å². The summed E-state index contributed by atoms with van der Waals surface area (Å²) >= 11 is 0. The van der Waals surface area contributed by atoms with Crippen molar-refractivity contribution in [1.29, 1.82) is 0 Å². The molecule has 0 fully saturated rings. The zero-order valence-corrected chi connectivity index (χ0v) is 12.9. The molecule has 3 rings (SSSR count). The van der Waals surface area contributed by atoms with Crippen molar-refractivity contribution in [1.82, 2.24) is 4.72 Å². The summed E-state index contributed by atoms with van der Waals surface area (Å²) in [4.78, 5) is 0. The lowest BCUT2D eigenvalue weighted by Crippen LogP contribution is -2.30. The number of ether oxygens (including phenoxy) is 1. The van der Waals surface area contributed by atoms with Gasteiger partial charge in [-0.25, -0.2) is 21.9 Å². The molecule has 0 saturated carbocycles. The summed E-state index contributed by atoms with van der Waals surface area (Å²) in [6, 6.07) is 10.2. The first-order valence-corrected chi connectivity index (χ1v) is 8.73. The molecule has 0 aliphatic carbocycles. The van der Waals surface area contributed by atoms with Crippen molar-refractivity contribution in [3.8, 4) is 5.75 Å². The monoisotopic (exact) mass is 339 g/mol. The number of fused-ring (bicyclic) bond motifs is 1. The van der Waals surface area contributed by atoms with Gasteiger partial charge in [-0.1, -0.05) is 18.2 Å². The molecule has 0 bridgehead atoms. The first-order chi connectivity index (χ1) is 10.9. The van der Waals surface area contributed by atoms with E-state index in [1.54, 1.807) is 0 Å². The van der Waals surface area contributed by atoms with Gasteiger partial charge in [-0.15, -0.1) is 0 Å². The molecule has 0 spiro atoms. The molecule has 1 atom stereocenters. The molecule has 0 radical (unpaired) electrons. The Labute approximate surface area is 133 Å². The van der Waals surface area contributed by atoms with Gasteiger partial charge < -0.3 is 4.74 Å². The number of sulfonamides is 1. The van der Waals surface area contributed by atoms with Crippen LogP contribution in [0.4, 0.5) is 8.78 Å². The molecule has 0 aromatic heterocycles. The summed E-state index contributed by atoms with van der Waals surface area (Å²) in [7, 11) is -3.78. The number of nitrogens with one attached hydrogen (secondary N) is 1. The van der Waals surface area contributed by atoms with Gasteiger partial charge in [0.25, 0.3) is 0 Å². The van der Waals surface area contributed by atoms with Crippen LogP contribution >= 0.6 is 0 Å². The van der Waals surface area contributed by atoms with Gasteiger partial charge in [-0.3, -0.25) is 0 Å². The van der Waals surface area contributed by atoms with Crippen molar-refractivity contribution in [2.24, 2.45) is 0 Å². The standard InChI is InChI=1S/C16H15F2NO3S/c17-13-5-6-15(18)11(7-13)10-23(20,21)19-8-12-9-22-16-4-2-1-3-14(12)16/h1-7,12,19H,8-10H2. The van der Waals surface area contributed by atoms with Crippen LogP contribution in [0.3, 0.4) is 0 Å². The Kier molecular flexibility index (Phi) is 4.32. The van der Waals surface area contributed by atoms with Gasteiger partial charge >= 0.3 is 0 Å². The Bertz CT molecular complexity index is 824. The van der Waals surface area contributed by atoms with Crippen LogP contribution in [0, 0.1) is 11.6 Å². The molecule has 1 aliphatic heterocycles. The first kappa shape index (κ1) is 15.9. The number of hydrogen-bond acceptors (Lipinski definition) is 3. The SMILES string of the molecule is O=S(=O)(Cc1cc(F)ccc1F)NCC1COc2ccccc21. The molecule has 0 saturated heterocycles. The maximum atomic E-state index is 13.6. The number of halogens is 2. The molecule has 4 nitrogen and oxygen atoms in total. The minimum absolute atomic E-state index is 0.0988. The summed E-state index contributed by atoms with van der Waals surface area (Å²) in [5.74, 6) is -1.38. The lowest BCUT2D eigenvalue weighted by molar-refractivity contribution is 0.330. The van der Waals surface area contributed by atoms with Crippen LogP contribution in [0.1, 0.15) is 17.0 Å². The van der Waals surface area contributed by atoms with E-state index in [1.807, 2.05) is 24.3 Å². The maximum absolute atomic E-state index is 13.6.